The first-order valence-corrected chi connectivity index (χ1v) is 10.5. The minimum absolute atomic E-state index is 0.0642. The van der Waals surface area contributed by atoms with E-state index >= 15 is 0 Å². The van der Waals surface area contributed by atoms with E-state index in [0.29, 0.717) is 11.5 Å². The Labute approximate surface area is 180 Å². The Balaban J connectivity index is 1.84. The molecule has 0 fully saturated rings. The molecular weight excluding hydrogens is 376 g/mol. The zero-order valence-electron chi connectivity index (χ0n) is 18.5. The molecule has 1 atom stereocenters. The molecule has 0 bridgehead atoms. The van der Waals surface area contributed by atoms with Crippen LogP contribution < -0.4 is 20.7 Å². The molecule has 0 radical (unpaired) electrons. The van der Waals surface area contributed by atoms with E-state index in [2.05, 4.69) is 41.9 Å². The molecule has 0 aliphatic carbocycles. The quantitative estimate of drug-likeness (QED) is 0.415. The summed E-state index contributed by atoms with van der Waals surface area (Å²) in [5.41, 5.74) is 3.09. The Morgan fingerprint density at radius 1 is 1.13 bits per heavy atom. The van der Waals surface area contributed by atoms with Crippen LogP contribution in [0.1, 0.15) is 47.7 Å². The van der Waals surface area contributed by atoms with Crippen LogP contribution >= 0.6 is 0 Å². The molecule has 6 nitrogen and oxygen atoms in total. The fourth-order valence-electron chi connectivity index (χ4n) is 3.15. The van der Waals surface area contributed by atoms with Crippen molar-refractivity contribution < 1.29 is 9.53 Å². The first-order valence-electron chi connectivity index (χ1n) is 10.5. The molecule has 0 saturated carbocycles. The summed E-state index contributed by atoms with van der Waals surface area (Å²) in [7, 11) is 3.33. The number of amides is 1. The summed E-state index contributed by atoms with van der Waals surface area (Å²) in [6.45, 7) is 6.58. The molecule has 0 aliphatic rings. The molecule has 0 aliphatic heterocycles. The van der Waals surface area contributed by atoms with E-state index in [0.717, 1.165) is 49.7 Å². The lowest BCUT2D eigenvalue weighted by molar-refractivity contribution is 0.0963. The van der Waals surface area contributed by atoms with Gasteiger partial charge in [-0.1, -0.05) is 31.2 Å². The summed E-state index contributed by atoms with van der Waals surface area (Å²) in [4.78, 5) is 16.5. The highest BCUT2D eigenvalue weighted by Gasteiger charge is 2.07. The molecule has 3 N–H and O–H groups in total. The third-order valence-electron chi connectivity index (χ3n) is 4.98. The lowest BCUT2D eigenvalue weighted by Gasteiger charge is -2.14. The van der Waals surface area contributed by atoms with Crippen LogP contribution in [-0.4, -0.2) is 45.7 Å². The van der Waals surface area contributed by atoms with Crippen molar-refractivity contribution in [3.8, 4) is 5.75 Å². The monoisotopic (exact) mass is 410 g/mol. The van der Waals surface area contributed by atoms with Crippen LogP contribution in [-0.2, 0) is 6.42 Å². The highest BCUT2D eigenvalue weighted by atomic mass is 16.5. The van der Waals surface area contributed by atoms with E-state index < -0.39 is 0 Å². The molecule has 0 heterocycles. The van der Waals surface area contributed by atoms with E-state index in [1.54, 1.807) is 14.2 Å². The van der Waals surface area contributed by atoms with Crippen LogP contribution in [0.2, 0.25) is 0 Å². The zero-order chi connectivity index (χ0) is 21.8. The van der Waals surface area contributed by atoms with E-state index in [1.807, 2.05) is 36.4 Å². The zero-order valence-corrected chi connectivity index (χ0v) is 18.5. The normalized spacial score (nSPS) is 12.2. The summed E-state index contributed by atoms with van der Waals surface area (Å²) in [5, 5.41) is 9.34. The van der Waals surface area contributed by atoms with Crippen LogP contribution in [0, 0.1) is 0 Å². The minimum Gasteiger partial charge on any atom is -0.497 e. The lowest BCUT2D eigenvalue weighted by Crippen LogP contribution is -2.38. The topological polar surface area (TPSA) is 74.8 Å². The van der Waals surface area contributed by atoms with E-state index in [1.165, 1.54) is 5.56 Å². The number of hydrogen-bond acceptors (Lipinski definition) is 3. The molecule has 0 aromatic heterocycles. The third kappa shape index (κ3) is 7.43. The van der Waals surface area contributed by atoms with Crippen molar-refractivity contribution >= 4 is 11.9 Å². The SMILES string of the molecule is CCNC(=NCCC(C)c1ccc(OC)cc1)NCCc1cccc(C(=O)NC)c1. The summed E-state index contributed by atoms with van der Waals surface area (Å²) in [5.74, 6) is 2.06. The average Bonchev–Trinajstić information content (AvgIpc) is 2.78. The molecular formula is C24H34N4O2. The van der Waals surface area contributed by atoms with Gasteiger partial charge in [-0.3, -0.25) is 9.79 Å². The standard InChI is InChI=1S/C24H34N4O2/c1-5-26-24(27-15-13-18(2)20-9-11-22(30-4)12-10-20)28-16-14-19-7-6-8-21(17-19)23(29)25-3/h6-12,17-18H,5,13-16H2,1-4H3,(H,25,29)(H2,26,27,28). The molecule has 2 aromatic rings. The molecule has 6 heteroatoms. The number of ether oxygens (including phenoxy) is 1. The van der Waals surface area contributed by atoms with Gasteiger partial charge in [0.25, 0.3) is 5.91 Å². The number of nitrogens with one attached hydrogen (secondary N) is 3. The van der Waals surface area contributed by atoms with Gasteiger partial charge in [-0.15, -0.1) is 0 Å². The second kappa shape index (κ2) is 12.5. The summed E-state index contributed by atoms with van der Waals surface area (Å²) < 4.78 is 5.22. The highest BCUT2D eigenvalue weighted by Crippen LogP contribution is 2.21. The lowest BCUT2D eigenvalue weighted by atomic mass is 9.98. The van der Waals surface area contributed by atoms with Gasteiger partial charge in [0.15, 0.2) is 5.96 Å². The second-order valence-corrected chi connectivity index (χ2v) is 7.18. The maximum Gasteiger partial charge on any atom is 0.251 e. The van der Waals surface area contributed by atoms with Crippen molar-refractivity contribution in [3.63, 3.8) is 0 Å². The van der Waals surface area contributed by atoms with Crippen LogP contribution in [0.3, 0.4) is 0 Å². The minimum atomic E-state index is -0.0642. The van der Waals surface area contributed by atoms with E-state index in [4.69, 9.17) is 9.73 Å². The first kappa shape index (κ1) is 23.3. The molecule has 2 rings (SSSR count). The number of carbonyl (C=O) groups excluding carboxylic acids is 1. The average molecular weight is 411 g/mol. The fourth-order valence-corrected chi connectivity index (χ4v) is 3.15. The summed E-state index contributed by atoms with van der Waals surface area (Å²) in [6, 6.07) is 15.9. The Morgan fingerprint density at radius 3 is 2.57 bits per heavy atom. The van der Waals surface area contributed by atoms with Gasteiger partial charge in [0.05, 0.1) is 7.11 Å². The van der Waals surface area contributed by atoms with Crippen LogP contribution in [0.4, 0.5) is 0 Å². The van der Waals surface area contributed by atoms with Crippen molar-refractivity contribution in [2.24, 2.45) is 4.99 Å². The summed E-state index contributed by atoms with van der Waals surface area (Å²) in [6.07, 6.45) is 1.79. The van der Waals surface area contributed by atoms with E-state index in [-0.39, 0.29) is 5.91 Å². The second-order valence-electron chi connectivity index (χ2n) is 7.18. The van der Waals surface area contributed by atoms with Crippen molar-refractivity contribution in [3.05, 3.63) is 65.2 Å². The molecule has 30 heavy (non-hydrogen) atoms. The smallest absolute Gasteiger partial charge is 0.251 e. The number of nitrogens with zero attached hydrogens (tertiary/aromatic N) is 1. The van der Waals surface area contributed by atoms with Gasteiger partial charge in [0.2, 0.25) is 0 Å². The molecule has 1 unspecified atom stereocenters. The summed E-state index contributed by atoms with van der Waals surface area (Å²) >= 11 is 0. The molecule has 0 spiro atoms. The molecule has 0 saturated heterocycles. The Kier molecular flexibility index (Phi) is 9.71. The fraction of sp³-hybridized carbons (Fsp3) is 0.417. The number of benzene rings is 2. The van der Waals surface area contributed by atoms with Crippen molar-refractivity contribution in [2.75, 3.05) is 33.8 Å². The van der Waals surface area contributed by atoms with Crippen LogP contribution in [0.25, 0.3) is 0 Å². The highest BCUT2D eigenvalue weighted by molar-refractivity contribution is 5.94. The third-order valence-corrected chi connectivity index (χ3v) is 4.98. The molecule has 2 aromatic carbocycles. The van der Waals surface area contributed by atoms with Gasteiger partial charge in [-0.05, 0) is 61.1 Å². The Morgan fingerprint density at radius 2 is 1.90 bits per heavy atom. The molecule has 1 amide bonds. The maximum absolute atomic E-state index is 11.8. The largest absolute Gasteiger partial charge is 0.497 e. The van der Waals surface area contributed by atoms with Crippen molar-refractivity contribution in [1.29, 1.82) is 0 Å². The number of carbonyl (C=O) groups is 1. The van der Waals surface area contributed by atoms with Crippen molar-refractivity contribution in [1.82, 2.24) is 16.0 Å². The van der Waals surface area contributed by atoms with Gasteiger partial charge in [0, 0.05) is 32.2 Å². The first-order chi connectivity index (χ1) is 14.6. The predicted molar refractivity (Wildman–Crippen MR) is 124 cm³/mol. The Hall–Kier alpha value is -3.02. The van der Waals surface area contributed by atoms with Crippen LogP contribution in [0.15, 0.2) is 53.5 Å². The van der Waals surface area contributed by atoms with Gasteiger partial charge in [0.1, 0.15) is 5.75 Å². The number of hydrogen-bond donors (Lipinski definition) is 3. The number of guanidine groups is 1. The number of methoxy groups -OCH3 is 1. The number of rotatable bonds is 10. The van der Waals surface area contributed by atoms with Gasteiger partial charge < -0.3 is 20.7 Å². The maximum atomic E-state index is 11.8. The Bertz CT molecular complexity index is 818. The molecule has 162 valence electrons. The van der Waals surface area contributed by atoms with E-state index in [9.17, 15) is 4.79 Å². The van der Waals surface area contributed by atoms with Gasteiger partial charge >= 0.3 is 0 Å². The number of aliphatic imine (C=N–C) groups is 1. The van der Waals surface area contributed by atoms with Crippen molar-refractivity contribution in [2.45, 2.75) is 32.6 Å². The predicted octanol–water partition coefficient (Wildman–Crippen LogP) is 3.35. The van der Waals surface area contributed by atoms with Crippen LogP contribution in [0.5, 0.6) is 5.75 Å². The van der Waals surface area contributed by atoms with Gasteiger partial charge in [-0.25, -0.2) is 0 Å². The van der Waals surface area contributed by atoms with Gasteiger partial charge in [-0.2, -0.15) is 0 Å².